The quantitative estimate of drug-likeness (QED) is 0.588. The molecule has 3 aromatic rings. The summed E-state index contributed by atoms with van der Waals surface area (Å²) in [7, 11) is 0. The summed E-state index contributed by atoms with van der Waals surface area (Å²) in [5.41, 5.74) is 9.00. The first-order valence-corrected chi connectivity index (χ1v) is 10.3. The second-order valence-electron chi connectivity index (χ2n) is 6.10. The van der Waals surface area contributed by atoms with E-state index in [9.17, 15) is 0 Å². The predicted octanol–water partition coefficient (Wildman–Crippen LogP) is 3.89. The maximum Gasteiger partial charge on any atom is 0.152 e. The Morgan fingerprint density at radius 2 is 2.04 bits per heavy atom. The Kier molecular flexibility index (Phi) is 6.15. The SMILES string of the molecule is CCCc1nc2c(N)nc3ccccc3c2n1CCOCCCSC. The summed E-state index contributed by atoms with van der Waals surface area (Å²) in [4.78, 5) is 9.31. The Morgan fingerprint density at radius 1 is 1.20 bits per heavy atom. The molecule has 0 fully saturated rings. The molecule has 6 heteroatoms. The fraction of sp³-hybridized carbons (Fsp3) is 0.474. The fourth-order valence-corrected chi connectivity index (χ4v) is 3.53. The number of imidazole rings is 1. The first-order valence-electron chi connectivity index (χ1n) is 8.86. The molecular formula is C19H26N4OS. The van der Waals surface area contributed by atoms with Crippen molar-refractivity contribution >= 4 is 39.5 Å². The van der Waals surface area contributed by atoms with E-state index in [1.54, 1.807) is 0 Å². The molecule has 25 heavy (non-hydrogen) atoms. The average molecular weight is 359 g/mol. The highest BCUT2D eigenvalue weighted by molar-refractivity contribution is 7.98. The van der Waals surface area contributed by atoms with E-state index in [2.05, 4.69) is 28.8 Å². The van der Waals surface area contributed by atoms with Gasteiger partial charge in [-0.1, -0.05) is 25.1 Å². The van der Waals surface area contributed by atoms with Gasteiger partial charge < -0.3 is 15.0 Å². The number of hydrogen-bond donors (Lipinski definition) is 1. The number of anilines is 1. The molecular weight excluding hydrogens is 332 g/mol. The van der Waals surface area contributed by atoms with E-state index in [1.165, 1.54) is 0 Å². The third kappa shape index (κ3) is 3.90. The molecule has 0 saturated carbocycles. The maximum absolute atomic E-state index is 6.19. The third-order valence-electron chi connectivity index (χ3n) is 4.26. The van der Waals surface area contributed by atoms with Gasteiger partial charge in [0.1, 0.15) is 11.3 Å². The summed E-state index contributed by atoms with van der Waals surface area (Å²) in [5.74, 6) is 2.71. The first-order chi connectivity index (χ1) is 12.3. The lowest BCUT2D eigenvalue weighted by Crippen LogP contribution is -2.10. The van der Waals surface area contributed by atoms with Gasteiger partial charge >= 0.3 is 0 Å². The van der Waals surface area contributed by atoms with E-state index in [4.69, 9.17) is 15.5 Å². The molecule has 0 radical (unpaired) electrons. The maximum atomic E-state index is 6.19. The largest absolute Gasteiger partial charge is 0.382 e. The van der Waals surface area contributed by atoms with Crippen molar-refractivity contribution in [1.29, 1.82) is 0 Å². The van der Waals surface area contributed by atoms with E-state index in [0.717, 1.165) is 65.9 Å². The second kappa shape index (κ2) is 8.54. The van der Waals surface area contributed by atoms with Gasteiger partial charge in [-0.05, 0) is 30.9 Å². The van der Waals surface area contributed by atoms with E-state index in [-0.39, 0.29) is 0 Å². The summed E-state index contributed by atoms with van der Waals surface area (Å²) >= 11 is 1.86. The van der Waals surface area contributed by atoms with Crippen LogP contribution in [0.2, 0.25) is 0 Å². The smallest absolute Gasteiger partial charge is 0.152 e. The standard InChI is InChI=1S/C19H26N4OS/c1-3-7-16-22-17-18(23(16)10-12-24-11-6-13-25-2)14-8-4-5-9-15(14)21-19(17)20/h4-5,8-9H,3,6-7,10-13H2,1-2H3,(H2,20,21). The normalized spacial score (nSPS) is 11.6. The molecule has 0 amide bonds. The van der Waals surface area contributed by atoms with Crippen molar-refractivity contribution in [1.82, 2.24) is 14.5 Å². The van der Waals surface area contributed by atoms with E-state index in [0.29, 0.717) is 12.4 Å². The van der Waals surface area contributed by atoms with Crippen LogP contribution in [-0.2, 0) is 17.7 Å². The number of nitrogen functional groups attached to an aromatic ring is 1. The number of para-hydroxylation sites is 1. The highest BCUT2D eigenvalue weighted by atomic mass is 32.2. The van der Waals surface area contributed by atoms with Gasteiger partial charge in [0.05, 0.1) is 17.6 Å². The van der Waals surface area contributed by atoms with Crippen LogP contribution in [0.4, 0.5) is 5.82 Å². The summed E-state index contributed by atoms with van der Waals surface area (Å²) in [6.07, 6.45) is 5.18. The zero-order chi connectivity index (χ0) is 17.6. The Balaban J connectivity index is 1.94. The van der Waals surface area contributed by atoms with Crippen LogP contribution in [0.25, 0.3) is 21.9 Å². The topological polar surface area (TPSA) is 66.0 Å². The number of hydrogen-bond acceptors (Lipinski definition) is 5. The van der Waals surface area contributed by atoms with E-state index in [1.807, 2.05) is 30.0 Å². The van der Waals surface area contributed by atoms with Gasteiger partial charge in [-0.15, -0.1) is 0 Å². The Bertz CT molecular complexity index is 846. The van der Waals surface area contributed by atoms with Crippen LogP contribution in [0.1, 0.15) is 25.6 Å². The van der Waals surface area contributed by atoms with Crippen LogP contribution in [0.15, 0.2) is 24.3 Å². The zero-order valence-corrected chi connectivity index (χ0v) is 15.8. The van der Waals surface area contributed by atoms with Gasteiger partial charge in [-0.2, -0.15) is 11.8 Å². The van der Waals surface area contributed by atoms with Gasteiger partial charge in [0.15, 0.2) is 5.82 Å². The molecule has 0 aliphatic heterocycles. The van der Waals surface area contributed by atoms with Crippen LogP contribution in [-0.4, -0.2) is 39.8 Å². The number of nitrogens with zero attached hydrogens (tertiary/aromatic N) is 3. The number of pyridine rings is 1. The number of benzene rings is 1. The minimum Gasteiger partial charge on any atom is -0.382 e. The molecule has 134 valence electrons. The molecule has 5 nitrogen and oxygen atoms in total. The lowest BCUT2D eigenvalue weighted by molar-refractivity contribution is 0.127. The molecule has 0 aliphatic carbocycles. The molecule has 0 unspecified atom stereocenters. The fourth-order valence-electron chi connectivity index (χ4n) is 3.12. The molecule has 0 saturated heterocycles. The van der Waals surface area contributed by atoms with Crippen LogP contribution in [0.5, 0.6) is 0 Å². The molecule has 2 aromatic heterocycles. The molecule has 1 aromatic carbocycles. The first kappa shape index (κ1) is 18.0. The van der Waals surface area contributed by atoms with Crippen molar-refractivity contribution in [2.24, 2.45) is 0 Å². The Labute approximate surface area is 153 Å². The van der Waals surface area contributed by atoms with Crippen molar-refractivity contribution < 1.29 is 4.74 Å². The molecule has 2 N–H and O–H groups in total. The van der Waals surface area contributed by atoms with Crippen LogP contribution in [0.3, 0.4) is 0 Å². The van der Waals surface area contributed by atoms with Crippen LogP contribution >= 0.6 is 11.8 Å². The van der Waals surface area contributed by atoms with E-state index >= 15 is 0 Å². The number of ether oxygens (including phenoxy) is 1. The number of nitrogens with two attached hydrogens (primary N) is 1. The van der Waals surface area contributed by atoms with Crippen molar-refractivity contribution in [3.63, 3.8) is 0 Å². The lowest BCUT2D eigenvalue weighted by Gasteiger charge is -2.11. The van der Waals surface area contributed by atoms with Crippen LogP contribution in [0, 0.1) is 0 Å². The summed E-state index contributed by atoms with van der Waals surface area (Å²) in [5, 5.41) is 1.10. The summed E-state index contributed by atoms with van der Waals surface area (Å²) in [6.45, 7) is 4.45. The predicted molar refractivity (Wildman–Crippen MR) is 107 cm³/mol. The van der Waals surface area contributed by atoms with Gasteiger partial charge in [0.25, 0.3) is 0 Å². The van der Waals surface area contributed by atoms with Crippen molar-refractivity contribution in [3.8, 4) is 0 Å². The van der Waals surface area contributed by atoms with E-state index < -0.39 is 0 Å². The van der Waals surface area contributed by atoms with Crippen LogP contribution < -0.4 is 5.73 Å². The monoisotopic (exact) mass is 358 g/mol. The highest BCUT2D eigenvalue weighted by Gasteiger charge is 2.16. The Hall–Kier alpha value is -1.79. The summed E-state index contributed by atoms with van der Waals surface area (Å²) in [6, 6.07) is 8.12. The zero-order valence-electron chi connectivity index (χ0n) is 15.0. The van der Waals surface area contributed by atoms with Crippen molar-refractivity contribution in [2.45, 2.75) is 32.7 Å². The summed E-state index contributed by atoms with van der Waals surface area (Å²) < 4.78 is 8.10. The number of rotatable bonds is 9. The van der Waals surface area contributed by atoms with Crippen molar-refractivity contribution in [2.75, 3.05) is 31.0 Å². The van der Waals surface area contributed by atoms with Gasteiger partial charge in [-0.25, -0.2) is 9.97 Å². The molecule has 0 spiro atoms. The lowest BCUT2D eigenvalue weighted by atomic mass is 10.2. The average Bonchev–Trinajstić information content (AvgIpc) is 2.98. The van der Waals surface area contributed by atoms with Gasteiger partial charge in [0, 0.05) is 25.0 Å². The minimum absolute atomic E-state index is 0.505. The minimum atomic E-state index is 0.505. The number of fused-ring (bicyclic) bond motifs is 3. The second-order valence-corrected chi connectivity index (χ2v) is 7.09. The molecule has 2 heterocycles. The number of aromatic nitrogens is 3. The molecule has 3 rings (SSSR count). The molecule has 0 bridgehead atoms. The Morgan fingerprint density at radius 3 is 2.84 bits per heavy atom. The number of thioether (sulfide) groups is 1. The van der Waals surface area contributed by atoms with Gasteiger partial charge in [-0.3, -0.25) is 0 Å². The van der Waals surface area contributed by atoms with Gasteiger partial charge in [0.2, 0.25) is 0 Å². The molecule has 0 aliphatic rings. The third-order valence-corrected chi connectivity index (χ3v) is 4.96. The molecule has 0 atom stereocenters. The highest BCUT2D eigenvalue weighted by Crippen LogP contribution is 2.29. The van der Waals surface area contributed by atoms with Crippen molar-refractivity contribution in [3.05, 3.63) is 30.1 Å². The number of aryl methyl sites for hydroxylation is 1.